The van der Waals surface area contributed by atoms with Crippen LogP contribution in [0.3, 0.4) is 0 Å². The zero-order valence-corrected chi connectivity index (χ0v) is 17.6. The fraction of sp³-hybridized carbons (Fsp3) is 0.667. The Labute approximate surface area is 172 Å². The molecule has 2 heterocycles. The first-order valence-electron chi connectivity index (χ1n) is 10.7. The van der Waals surface area contributed by atoms with Crippen molar-refractivity contribution in [3.8, 4) is 0 Å². The smallest absolute Gasteiger partial charge is 0.243 e. The number of piperidine rings is 1. The fourth-order valence-electron chi connectivity index (χ4n) is 5.13. The molecule has 1 saturated carbocycles. The monoisotopic (exact) mass is 423 g/mol. The lowest BCUT2D eigenvalue weighted by molar-refractivity contribution is -0.135. The Morgan fingerprint density at radius 2 is 1.59 bits per heavy atom. The van der Waals surface area contributed by atoms with Crippen LogP contribution in [-0.2, 0) is 14.8 Å². The summed E-state index contributed by atoms with van der Waals surface area (Å²) < 4.78 is 40.0. The number of fused-ring (bicyclic) bond motifs is 1. The second-order valence-corrected chi connectivity index (χ2v) is 10.4. The molecule has 3 fully saturated rings. The first kappa shape index (κ1) is 20.8. The average molecular weight is 424 g/mol. The second kappa shape index (κ2) is 8.70. The molecule has 1 aliphatic carbocycles. The topological polar surface area (TPSA) is 60.9 Å². The van der Waals surface area contributed by atoms with E-state index in [1.54, 1.807) is 4.90 Å². The van der Waals surface area contributed by atoms with Gasteiger partial charge in [-0.15, -0.1) is 0 Å². The number of nitrogens with zero attached hydrogens (tertiary/aromatic N) is 3. The van der Waals surface area contributed by atoms with Crippen LogP contribution in [0, 0.1) is 11.7 Å². The van der Waals surface area contributed by atoms with E-state index in [-0.39, 0.29) is 23.9 Å². The van der Waals surface area contributed by atoms with Gasteiger partial charge in [-0.1, -0.05) is 12.8 Å². The number of benzene rings is 1. The maximum absolute atomic E-state index is 13.1. The largest absolute Gasteiger partial charge is 0.339 e. The summed E-state index contributed by atoms with van der Waals surface area (Å²) in [6.07, 6.45) is 7.50. The second-order valence-electron chi connectivity index (χ2n) is 8.46. The minimum absolute atomic E-state index is 0.0929. The molecular weight excluding hydrogens is 393 g/mol. The van der Waals surface area contributed by atoms with Crippen LogP contribution in [-0.4, -0.2) is 73.7 Å². The molecule has 1 amide bonds. The Balaban J connectivity index is 1.33. The van der Waals surface area contributed by atoms with Crippen molar-refractivity contribution in [3.63, 3.8) is 0 Å². The molecule has 0 spiro atoms. The van der Waals surface area contributed by atoms with E-state index in [1.165, 1.54) is 48.5 Å². The summed E-state index contributed by atoms with van der Waals surface area (Å²) in [5.74, 6) is 0.385. The number of amides is 1. The highest BCUT2D eigenvalue weighted by Gasteiger charge is 2.36. The van der Waals surface area contributed by atoms with Crippen molar-refractivity contribution in [1.82, 2.24) is 14.1 Å². The molecule has 160 valence electrons. The van der Waals surface area contributed by atoms with Crippen molar-refractivity contribution in [2.45, 2.75) is 49.5 Å². The number of halogens is 1. The molecule has 29 heavy (non-hydrogen) atoms. The minimum atomic E-state index is -3.65. The van der Waals surface area contributed by atoms with Crippen LogP contribution in [0.15, 0.2) is 29.2 Å². The average Bonchev–Trinajstić information content (AvgIpc) is 2.74. The Morgan fingerprint density at radius 3 is 2.31 bits per heavy atom. The van der Waals surface area contributed by atoms with E-state index >= 15 is 0 Å². The third-order valence-electron chi connectivity index (χ3n) is 6.74. The Hall–Kier alpha value is -1.51. The molecule has 2 saturated heterocycles. The fourth-order valence-corrected chi connectivity index (χ4v) is 6.55. The van der Waals surface area contributed by atoms with Gasteiger partial charge < -0.3 is 4.90 Å². The van der Waals surface area contributed by atoms with Crippen LogP contribution in [0.1, 0.15) is 38.5 Å². The summed E-state index contributed by atoms with van der Waals surface area (Å²) in [7, 11) is -3.65. The third kappa shape index (κ3) is 4.49. The number of hydrogen-bond donors (Lipinski definition) is 0. The zero-order chi connectivity index (χ0) is 20.4. The number of hydrogen-bond acceptors (Lipinski definition) is 4. The first-order chi connectivity index (χ1) is 13.9. The van der Waals surface area contributed by atoms with Crippen molar-refractivity contribution in [1.29, 1.82) is 0 Å². The molecule has 0 radical (unpaired) electrons. The SMILES string of the molecule is O=C(CN1CCC[C@H]2CCCC[C@@H]21)N1CCN(S(=O)(=O)c2ccc(F)cc2)CC1. The molecule has 0 unspecified atom stereocenters. The molecule has 1 aromatic carbocycles. The number of likely N-dealkylation sites (tertiary alicyclic amines) is 1. The maximum atomic E-state index is 13.1. The lowest BCUT2D eigenvalue weighted by atomic mass is 9.78. The van der Waals surface area contributed by atoms with E-state index in [4.69, 9.17) is 0 Å². The lowest BCUT2D eigenvalue weighted by Gasteiger charge is -2.44. The van der Waals surface area contributed by atoms with Crippen LogP contribution >= 0.6 is 0 Å². The molecule has 0 aromatic heterocycles. The number of sulfonamides is 1. The van der Waals surface area contributed by atoms with Crippen molar-refractivity contribution in [2.24, 2.45) is 5.92 Å². The van der Waals surface area contributed by atoms with Crippen molar-refractivity contribution < 1.29 is 17.6 Å². The normalized spacial score (nSPS) is 26.9. The van der Waals surface area contributed by atoms with E-state index in [1.807, 2.05) is 0 Å². The Bertz CT molecular complexity index is 820. The van der Waals surface area contributed by atoms with Crippen LogP contribution in [0.2, 0.25) is 0 Å². The number of rotatable bonds is 4. The number of carbonyl (C=O) groups excluding carboxylic acids is 1. The number of carbonyl (C=O) groups is 1. The van der Waals surface area contributed by atoms with Gasteiger partial charge in [-0.25, -0.2) is 12.8 Å². The molecule has 6 nitrogen and oxygen atoms in total. The molecule has 8 heteroatoms. The maximum Gasteiger partial charge on any atom is 0.243 e. The van der Waals surface area contributed by atoms with Gasteiger partial charge in [0.1, 0.15) is 5.82 Å². The predicted molar refractivity (Wildman–Crippen MR) is 108 cm³/mol. The van der Waals surface area contributed by atoms with Gasteiger partial charge in [-0.2, -0.15) is 4.31 Å². The minimum Gasteiger partial charge on any atom is -0.339 e. The van der Waals surface area contributed by atoms with Gasteiger partial charge >= 0.3 is 0 Å². The van der Waals surface area contributed by atoms with Crippen molar-refractivity contribution >= 4 is 15.9 Å². The van der Waals surface area contributed by atoms with Crippen LogP contribution in [0.25, 0.3) is 0 Å². The molecule has 4 rings (SSSR count). The summed E-state index contributed by atoms with van der Waals surface area (Å²) >= 11 is 0. The molecule has 2 aliphatic heterocycles. The van der Waals surface area contributed by atoms with Crippen LogP contribution in [0.4, 0.5) is 4.39 Å². The standard InChI is InChI=1S/C21H30FN3O3S/c22-18-7-9-19(10-8-18)29(27,28)25-14-12-23(13-15-25)21(26)16-24-11-3-5-17-4-1-2-6-20(17)24/h7-10,17,20H,1-6,11-16H2/t17-,20+/m1/s1. The molecule has 2 atom stereocenters. The molecule has 0 bridgehead atoms. The van der Waals surface area contributed by atoms with Crippen LogP contribution in [0.5, 0.6) is 0 Å². The third-order valence-corrected chi connectivity index (χ3v) is 8.65. The van der Waals surface area contributed by atoms with Crippen LogP contribution < -0.4 is 0 Å². The summed E-state index contributed by atoms with van der Waals surface area (Å²) in [6, 6.07) is 5.44. The highest BCUT2D eigenvalue weighted by Crippen LogP contribution is 2.35. The highest BCUT2D eigenvalue weighted by atomic mass is 32.2. The van der Waals surface area contributed by atoms with E-state index in [2.05, 4.69) is 4.90 Å². The molecular formula is C21H30FN3O3S. The van der Waals surface area contributed by atoms with Gasteiger partial charge in [0.05, 0.1) is 11.4 Å². The summed E-state index contributed by atoms with van der Waals surface area (Å²) in [5, 5.41) is 0. The highest BCUT2D eigenvalue weighted by molar-refractivity contribution is 7.89. The lowest BCUT2D eigenvalue weighted by Crippen LogP contribution is -2.55. The quantitative estimate of drug-likeness (QED) is 0.746. The summed E-state index contributed by atoms with van der Waals surface area (Å²) in [6.45, 7) is 2.80. The molecule has 1 aromatic rings. The summed E-state index contributed by atoms with van der Waals surface area (Å²) in [5.41, 5.74) is 0. The van der Waals surface area contributed by atoms with E-state index < -0.39 is 15.8 Å². The van der Waals surface area contributed by atoms with Gasteiger partial charge in [0.15, 0.2) is 0 Å². The van der Waals surface area contributed by atoms with E-state index in [0.717, 1.165) is 31.0 Å². The summed E-state index contributed by atoms with van der Waals surface area (Å²) in [4.78, 5) is 17.1. The van der Waals surface area contributed by atoms with Gasteiger partial charge in [-0.3, -0.25) is 9.69 Å². The van der Waals surface area contributed by atoms with Crippen molar-refractivity contribution in [2.75, 3.05) is 39.3 Å². The van der Waals surface area contributed by atoms with Crippen molar-refractivity contribution in [3.05, 3.63) is 30.1 Å². The van der Waals surface area contributed by atoms with E-state index in [9.17, 15) is 17.6 Å². The molecule has 0 N–H and O–H groups in total. The van der Waals surface area contributed by atoms with Gasteiger partial charge in [0.25, 0.3) is 0 Å². The zero-order valence-electron chi connectivity index (χ0n) is 16.8. The van der Waals surface area contributed by atoms with Gasteiger partial charge in [0, 0.05) is 32.2 Å². The molecule has 3 aliphatic rings. The number of piperazine rings is 1. The van der Waals surface area contributed by atoms with E-state index in [0.29, 0.717) is 25.7 Å². The Morgan fingerprint density at radius 1 is 0.931 bits per heavy atom. The predicted octanol–water partition coefficient (Wildman–Crippen LogP) is 2.31. The van der Waals surface area contributed by atoms with Gasteiger partial charge in [-0.05, 0) is 62.4 Å². The first-order valence-corrected chi connectivity index (χ1v) is 12.2. The Kier molecular flexibility index (Phi) is 6.22. The van der Waals surface area contributed by atoms with Gasteiger partial charge in [0.2, 0.25) is 15.9 Å².